The quantitative estimate of drug-likeness (QED) is 0.354. The van der Waals surface area contributed by atoms with Crippen LogP contribution in [0.5, 0.6) is 5.75 Å². The number of aryl methyl sites for hydroxylation is 3. The molecule has 0 radical (unpaired) electrons. The van der Waals surface area contributed by atoms with Crippen LogP contribution < -0.4 is 4.74 Å². The van der Waals surface area contributed by atoms with Crippen LogP contribution in [-0.2, 0) is 11.3 Å². The van der Waals surface area contributed by atoms with E-state index in [2.05, 4.69) is 28.1 Å². The largest absolute Gasteiger partial charge is 0.485 e. The third kappa shape index (κ3) is 3.40. The maximum Gasteiger partial charge on any atom is 0.348 e. The third-order valence-corrected chi connectivity index (χ3v) is 6.40. The van der Waals surface area contributed by atoms with Crippen LogP contribution in [0.4, 0.5) is 0 Å². The van der Waals surface area contributed by atoms with Gasteiger partial charge in [-0.15, -0.1) is 16.4 Å². The van der Waals surface area contributed by atoms with Crippen molar-refractivity contribution in [1.82, 2.24) is 19.6 Å². The number of rotatable bonds is 5. The fourth-order valence-corrected chi connectivity index (χ4v) is 4.67. The Kier molecular flexibility index (Phi) is 4.90. The summed E-state index contributed by atoms with van der Waals surface area (Å²) in [7, 11) is 1.36. The number of nitrogens with zero attached hydrogens (tertiary/aromatic N) is 4. The van der Waals surface area contributed by atoms with Gasteiger partial charge in [-0.05, 0) is 50.1 Å². The first-order valence-electron chi connectivity index (χ1n) is 9.96. The van der Waals surface area contributed by atoms with Gasteiger partial charge in [0.25, 0.3) is 0 Å². The highest BCUT2D eigenvalue weighted by molar-refractivity contribution is 7.20. The molecule has 0 fully saturated rings. The Bertz CT molecular complexity index is 1480. The number of fused-ring (bicyclic) bond motifs is 3. The molecule has 9 heteroatoms. The van der Waals surface area contributed by atoms with Gasteiger partial charge in [0.2, 0.25) is 5.82 Å². The summed E-state index contributed by atoms with van der Waals surface area (Å²) in [5, 5.41) is 5.28. The molecule has 0 bridgehead atoms. The SMILES string of the molecule is COC(=O)c1sc2ncn3nc(-c4ccc(COc5ccc(C)cc5C)o4)nc3c2c1C. The number of carbonyl (C=O) groups excluding carboxylic acids is 1. The maximum atomic E-state index is 12.1. The Balaban J connectivity index is 1.45. The summed E-state index contributed by atoms with van der Waals surface area (Å²) in [5.41, 5.74) is 3.65. The van der Waals surface area contributed by atoms with Crippen molar-refractivity contribution >= 4 is 33.2 Å². The number of benzene rings is 1. The van der Waals surface area contributed by atoms with Crippen LogP contribution in [0, 0.1) is 20.8 Å². The number of methoxy groups -OCH3 is 1. The summed E-state index contributed by atoms with van der Waals surface area (Å²) in [4.78, 5) is 22.4. The van der Waals surface area contributed by atoms with Crippen molar-refractivity contribution in [3.63, 3.8) is 0 Å². The van der Waals surface area contributed by atoms with Crippen LogP contribution in [0.3, 0.4) is 0 Å². The molecule has 0 atom stereocenters. The molecule has 0 amide bonds. The van der Waals surface area contributed by atoms with Crippen molar-refractivity contribution in [2.24, 2.45) is 0 Å². The van der Waals surface area contributed by atoms with Gasteiger partial charge in [0.1, 0.15) is 34.2 Å². The number of carbonyl (C=O) groups is 1. The Morgan fingerprint density at radius 3 is 2.81 bits per heavy atom. The highest BCUT2D eigenvalue weighted by atomic mass is 32.1. The minimum absolute atomic E-state index is 0.301. The van der Waals surface area contributed by atoms with Gasteiger partial charge in [-0.2, -0.15) is 0 Å². The molecule has 0 unspecified atom stereocenters. The van der Waals surface area contributed by atoms with E-state index in [1.807, 2.05) is 38.1 Å². The number of furan rings is 1. The molecule has 1 aromatic carbocycles. The molecule has 4 heterocycles. The van der Waals surface area contributed by atoms with Crippen LogP contribution in [0.2, 0.25) is 0 Å². The molecule has 0 N–H and O–H groups in total. The van der Waals surface area contributed by atoms with Gasteiger partial charge in [-0.1, -0.05) is 17.7 Å². The predicted octanol–water partition coefficient (Wildman–Crippen LogP) is 4.89. The van der Waals surface area contributed by atoms with E-state index in [4.69, 9.17) is 13.9 Å². The summed E-state index contributed by atoms with van der Waals surface area (Å²) in [5.74, 6) is 2.07. The second-order valence-corrected chi connectivity index (χ2v) is 8.50. The van der Waals surface area contributed by atoms with Crippen LogP contribution in [0.1, 0.15) is 32.1 Å². The van der Waals surface area contributed by atoms with Crippen LogP contribution in [-0.4, -0.2) is 32.7 Å². The second-order valence-electron chi connectivity index (χ2n) is 7.50. The number of hydrogen-bond acceptors (Lipinski definition) is 8. The lowest BCUT2D eigenvalue weighted by atomic mass is 10.1. The van der Waals surface area contributed by atoms with Crippen molar-refractivity contribution in [3.05, 3.63) is 64.0 Å². The molecule has 0 aliphatic rings. The van der Waals surface area contributed by atoms with Gasteiger partial charge < -0.3 is 13.9 Å². The van der Waals surface area contributed by atoms with E-state index in [0.29, 0.717) is 39.3 Å². The zero-order valence-electron chi connectivity index (χ0n) is 18.0. The van der Waals surface area contributed by atoms with E-state index in [1.54, 1.807) is 10.8 Å². The lowest BCUT2D eigenvalue weighted by Gasteiger charge is -2.08. The first-order valence-corrected chi connectivity index (χ1v) is 10.8. The molecule has 4 aromatic heterocycles. The minimum Gasteiger partial charge on any atom is -0.485 e. The van der Waals surface area contributed by atoms with E-state index in [1.165, 1.54) is 24.0 Å². The summed E-state index contributed by atoms with van der Waals surface area (Å²) in [6.45, 7) is 6.23. The standard InChI is InChI=1S/C23H20N4O4S/c1-12-5-7-16(13(2)9-12)30-10-15-6-8-17(31-15)20-25-21-18-14(3)19(23(28)29-4)32-22(18)24-11-27(21)26-20/h5-9,11H,10H2,1-4H3. The molecule has 5 rings (SSSR count). The van der Waals surface area contributed by atoms with Crippen LogP contribution >= 0.6 is 11.3 Å². The lowest BCUT2D eigenvalue weighted by molar-refractivity contribution is 0.0605. The van der Waals surface area contributed by atoms with E-state index >= 15 is 0 Å². The van der Waals surface area contributed by atoms with Gasteiger partial charge in [0.15, 0.2) is 11.4 Å². The number of ether oxygens (including phenoxy) is 2. The fraction of sp³-hybridized carbons (Fsp3) is 0.217. The molecule has 0 aliphatic carbocycles. The normalized spacial score (nSPS) is 11.4. The molecular weight excluding hydrogens is 428 g/mol. The highest BCUT2D eigenvalue weighted by Gasteiger charge is 2.21. The van der Waals surface area contributed by atoms with Crippen molar-refractivity contribution in [1.29, 1.82) is 0 Å². The average Bonchev–Trinajstić information content (AvgIpc) is 3.49. The molecule has 0 saturated carbocycles. The second kappa shape index (κ2) is 7.76. The summed E-state index contributed by atoms with van der Waals surface area (Å²) in [6.07, 6.45) is 1.58. The summed E-state index contributed by atoms with van der Waals surface area (Å²) >= 11 is 1.28. The number of thiophene rings is 1. The molecular formula is C23H20N4O4S. The molecule has 0 saturated heterocycles. The van der Waals surface area contributed by atoms with E-state index in [9.17, 15) is 4.79 Å². The molecule has 8 nitrogen and oxygen atoms in total. The Labute approximate surface area is 187 Å². The average molecular weight is 449 g/mol. The zero-order chi connectivity index (χ0) is 22.4. The Morgan fingerprint density at radius 1 is 1.19 bits per heavy atom. The number of aromatic nitrogens is 4. The van der Waals surface area contributed by atoms with E-state index < -0.39 is 0 Å². The van der Waals surface area contributed by atoms with Gasteiger partial charge in [-0.3, -0.25) is 0 Å². The fourth-order valence-electron chi connectivity index (χ4n) is 3.61. The highest BCUT2D eigenvalue weighted by Crippen LogP contribution is 2.33. The minimum atomic E-state index is -0.386. The van der Waals surface area contributed by atoms with Crippen molar-refractivity contribution in [2.75, 3.05) is 7.11 Å². The van der Waals surface area contributed by atoms with E-state index in [-0.39, 0.29) is 5.97 Å². The number of esters is 1. The van der Waals surface area contributed by atoms with Gasteiger partial charge >= 0.3 is 5.97 Å². The van der Waals surface area contributed by atoms with Crippen molar-refractivity contribution < 1.29 is 18.7 Å². The number of hydrogen-bond donors (Lipinski definition) is 0. The summed E-state index contributed by atoms with van der Waals surface area (Å²) < 4.78 is 18.3. The monoisotopic (exact) mass is 448 g/mol. The predicted molar refractivity (Wildman–Crippen MR) is 120 cm³/mol. The first kappa shape index (κ1) is 20.2. The molecule has 5 aromatic rings. The lowest BCUT2D eigenvalue weighted by Crippen LogP contribution is -1.99. The van der Waals surface area contributed by atoms with Gasteiger partial charge in [0, 0.05) is 0 Å². The smallest absolute Gasteiger partial charge is 0.348 e. The maximum absolute atomic E-state index is 12.1. The molecule has 0 spiro atoms. The summed E-state index contributed by atoms with van der Waals surface area (Å²) in [6, 6.07) is 9.73. The topological polar surface area (TPSA) is 91.8 Å². The van der Waals surface area contributed by atoms with Gasteiger partial charge in [-0.25, -0.2) is 19.3 Å². The Morgan fingerprint density at radius 2 is 2.03 bits per heavy atom. The Hall–Kier alpha value is -3.72. The van der Waals surface area contributed by atoms with Crippen molar-refractivity contribution in [2.45, 2.75) is 27.4 Å². The molecule has 32 heavy (non-hydrogen) atoms. The zero-order valence-corrected chi connectivity index (χ0v) is 18.8. The first-order chi connectivity index (χ1) is 15.4. The molecule has 162 valence electrons. The van der Waals surface area contributed by atoms with Crippen LogP contribution in [0.25, 0.3) is 27.4 Å². The third-order valence-electron chi connectivity index (χ3n) is 5.22. The van der Waals surface area contributed by atoms with Crippen molar-refractivity contribution in [3.8, 4) is 17.3 Å². The van der Waals surface area contributed by atoms with Crippen LogP contribution in [0.15, 0.2) is 41.1 Å². The van der Waals surface area contributed by atoms with Gasteiger partial charge in [0.05, 0.1) is 12.5 Å². The molecule has 0 aliphatic heterocycles. The van der Waals surface area contributed by atoms with E-state index in [0.717, 1.165) is 22.3 Å².